The number of nitrogens with one attached hydrogen (secondary N) is 1. The zero-order chi connectivity index (χ0) is 13.3. The number of allylic oxidation sites excluding steroid dienone is 1. The molecule has 1 aliphatic heterocycles. The third-order valence-corrected chi connectivity index (χ3v) is 2.98. The number of nitrogens with zero attached hydrogens (tertiary/aromatic N) is 1. The summed E-state index contributed by atoms with van der Waals surface area (Å²) in [6, 6.07) is 5.30. The SMILES string of the molecule is COc1ccc(C2(N)C=C(C)NC(N)=N2)cc1Cl. The van der Waals surface area contributed by atoms with Gasteiger partial charge in [0.1, 0.15) is 5.75 Å². The summed E-state index contributed by atoms with van der Waals surface area (Å²) in [7, 11) is 1.56. The molecule has 2 rings (SSSR count). The molecule has 5 nitrogen and oxygen atoms in total. The highest BCUT2D eigenvalue weighted by atomic mass is 35.5. The van der Waals surface area contributed by atoms with E-state index in [1.54, 1.807) is 25.3 Å². The molecule has 1 aromatic rings. The van der Waals surface area contributed by atoms with Crippen molar-refractivity contribution in [2.45, 2.75) is 12.6 Å². The summed E-state index contributed by atoms with van der Waals surface area (Å²) in [4.78, 5) is 4.22. The number of ether oxygens (including phenoxy) is 1. The summed E-state index contributed by atoms with van der Waals surface area (Å²) < 4.78 is 5.10. The van der Waals surface area contributed by atoms with Crippen LogP contribution in [0.4, 0.5) is 0 Å². The maximum absolute atomic E-state index is 6.24. The van der Waals surface area contributed by atoms with Crippen molar-refractivity contribution in [3.8, 4) is 5.75 Å². The van der Waals surface area contributed by atoms with Gasteiger partial charge in [0, 0.05) is 5.70 Å². The van der Waals surface area contributed by atoms with Crippen molar-refractivity contribution in [2.75, 3.05) is 7.11 Å². The van der Waals surface area contributed by atoms with E-state index in [1.165, 1.54) is 0 Å². The molecule has 1 atom stereocenters. The third kappa shape index (κ3) is 2.27. The second-order valence-electron chi connectivity index (χ2n) is 4.12. The van der Waals surface area contributed by atoms with Crippen LogP contribution in [0.2, 0.25) is 5.02 Å². The van der Waals surface area contributed by atoms with E-state index in [1.807, 2.05) is 13.0 Å². The molecular formula is C12H15ClN4O. The van der Waals surface area contributed by atoms with Gasteiger partial charge in [-0.1, -0.05) is 17.7 Å². The van der Waals surface area contributed by atoms with Crippen LogP contribution in [0.25, 0.3) is 0 Å². The van der Waals surface area contributed by atoms with Gasteiger partial charge < -0.3 is 15.8 Å². The Balaban J connectivity index is 2.47. The molecule has 0 radical (unpaired) electrons. The first-order chi connectivity index (χ1) is 8.44. The van der Waals surface area contributed by atoms with E-state index >= 15 is 0 Å². The Hall–Kier alpha value is -1.72. The van der Waals surface area contributed by atoms with Gasteiger partial charge >= 0.3 is 0 Å². The topological polar surface area (TPSA) is 85.7 Å². The normalized spacial score (nSPS) is 22.9. The van der Waals surface area contributed by atoms with Crippen molar-refractivity contribution in [3.05, 3.63) is 40.6 Å². The van der Waals surface area contributed by atoms with E-state index in [2.05, 4.69) is 10.3 Å². The van der Waals surface area contributed by atoms with Gasteiger partial charge in [-0.05, 0) is 30.7 Å². The molecular weight excluding hydrogens is 252 g/mol. The Labute approximate surface area is 110 Å². The van der Waals surface area contributed by atoms with Gasteiger partial charge in [-0.15, -0.1) is 0 Å². The first kappa shape index (κ1) is 12.7. The monoisotopic (exact) mass is 266 g/mol. The summed E-state index contributed by atoms with van der Waals surface area (Å²) >= 11 is 6.09. The molecule has 0 aromatic heterocycles. The van der Waals surface area contributed by atoms with Gasteiger partial charge in [0.15, 0.2) is 11.6 Å². The van der Waals surface area contributed by atoms with Crippen LogP contribution in [0, 0.1) is 0 Å². The van der Waals surface area contributed by atoms with Crippen LogP contribution in [0.15, 0.2) is 35.0 Å². The Bertz CT molecular complexity index is 521. The molecule has 1 aromatic carbocycles. The lowest BCUT2D eigenvalue weighted by Gasteiger charge is -2.28. The molecule has 5 N–H and O–H groups in total. The summed E-state index contributed by atoms with van der Waals surface area (Å²) in [6.45, 7) is 1.87. The molecule has 1 aliphatic rings. The molecule has 0 saturated heterocycles. The Morgan fingerprint density at radius 3 is 2.72 bits per heavy atom. The highest BCUT2D eigenvalue weighted by Gasteiger charge is 2.28. The largest absolute Gasteiger partial charge is 0.495 e. The molecule has 6 heteroatoms. The summed E-state index contributed by atoms with van der Waals surface area (Å²) in [5.41, 5.74) is 12.5. The third-order valence-electron chi connectivity index (χ3n) is 2.68. The minimum Gasteiger partial charge on any atom is -0.495 e. The van der Waals surface area contributed by atoms with Crippen LogP contribution < -0.4 is 21.5 Å². The molecule has 1 heterocycles. The number of methoxy groups -OCH3 is 1. The molecule has 0 bridgehead atoms. The fourth-order valence-electron chi connectivity index (χ4n) is 1.89. The predicted molar refractivity (Wildman–Crippen MR) is 72.4 cm³/mol. The summed E-state index contributed by atoms with van der Waals surface area (Å²) in [5.74, 6) is 0.875. The van der Waals surface area contributed by atoms with Crippen molar-refractivity contribution in [2.24, 2.45) is 16.5 Å². The zero-order valence-electron chi connectivity index (χ0n) is 10.2. The lowest BCUT2D eigenvalue weighted by atomic mass is 9.98. The van der Waals surface area contributed by atoms with Gasteiger partial charge in [0.05, 0.1) is 12.1 Å². The van der Waals surface area contributed by atoms with E-state index in [9.17, 15) is 0 Å². The number of guanidine groups is 1. The molecule has 0 saturated carbocycles. The quantitative estimate of drug-likeness (QED) is 0.753. The molecule has 0 amide bonds. The van der Waals surface area contributed by atoms with Crippen molar-refractivity contribution in [3.63, 3.8) is 0 Å². The first-order valence-electron chi connectivity index (χ1n) is 5.39. The molecule has 96 valence electrons. The minimum atomic E-state index is -1.00. The highest BCUT2D eigenvalue weighted by molar-refractivity contribution is 6.32. The molecule has 18 heavy (non-hydrogen) atoms. The van der Waals surface area contributed by atoms with Crippen molar-refractivity contribution in [1.82, 2.24) is 5.32 Å². The van der Waals surface area contributed by atoms with Crippen molar-refractivity contribution < 1.29 is 4.74 Å². The Morgan fingerprint density at radius 2 is 2.17 bits per heavy atom. The maximum atomic E-state index is 6.24. The number of nitrogens with two attached hydrogens (primary N) is 2. The van der Waals surface area contributed by atoms with Gasteiger partial charge in [0.2, 0.25) is 0 Å². The Kier molecular flexibility index (Phi) is 3.19. The van der Waals surface area contributed by atoms with Crippen LogP contribution in [-0.4, -0.2) is 13.1 Å². The zero-order valence-corrected chi connectivity index (χ0v) is 11.0. The van der Waals surface area contributed by atoms with Crippen LogP contribution in [0.5, 0.6) is 5.75 Å². The van der Waals surface area contributed by atoms with E-state index < -0.39 is 5.66 Å². The number of hydrogen-bond acceptors (Lipinski definition) is 5. The average molecular weight is 267 g/mol. The molecule has 0 spiro atoms. The van der Waals surface area contributed by atoms with Crippen molar-refractivity contribution >= 4 is 17.6 Å². The molecule has 0 aliphatic carbocycles. The highest BCUT2D eigenvalue weighted by Crippen LogP contribution is 2.31. The van der Waals surface area contributed by atoms with Crippen LogP contribution in [-0.2, 0) is 5.66 Å². The number of rotatable bonds is 2. The number of aliphatic imine (C=N–C) groups is 1. The van der Waals surface area contributed by atoms with Crippen molar-refractivity contribution in [1.29, 1.82) is 0 Å². The first-order valence-corrected chi connectivity index (χ1v) is 5.77. The van der Waals surface area contributed by atoms with E-state index in [4.69, 9.17) is 27.8 Å². The number of hydrogen-bond donors (Lipinski definition) is 3. The second-order valence-corrected chi connectivity index (χ2v) is 4.53. The fourth-order valence-corrected chi connectivity index (χ4v) is 2.15. The lowest BCUT2D eigenvalue weighted by Crippen LogP contribution is -2.44. The van der Waals surface area contributed by atoms with E-state index in [0.717, 1.165) is 11.3 Å². The lowest BCUT2D eigenvalue weighted by molar-refractivity contribution is 0.414. The average Bonchev–Trinajstić information content (AvgIpc) is 2.27. The fraction of sp³-hybridized carbons (Fsp3) is 0.250. The van der Waals surface area contributed by atoms with Crippen LogP contribution in [0.1, 0.15) is 12.5 Å². The molecule has 1 unspecified atom stereocenters. The van der Waals surface area contributed by atoms with Gasteiger partial charge in [-0.25, -0.2) is 4.99 Å². The maximum Gasteiger partial charge on any atom is 0.195 e. The smallest absolute Gasteiger partial charge is 0.195 e. The van der Waals surface area contributed by atoms with Gasteiger partial charge in [-0.2, -0.15) is 0 Å². The predicted octanol–water partition coefficient (Wildman–Crippen LogP) is 1.28. The van der Waals surface area contributed by atoms with Gasteiger partial charge in [-0.3, -0.25) is 5.73 Å². The minimum absolute atomic E-state index is 0.282. The van der Waals surface area contributed by atoms with E-state index in [-0.39, 0.29) is 5.96 Å². The van der Waals surface area contributed by atoms with E-state index in [0.29, 0.717) is 10.8 Å². The molecule has 0 fully saturated rings. The number of halogens is 1. The van der Waals surface area contributed by atoms with Crippen LogP contribution in [0.3, 0.4) is 0 Å². The Morgan fingerprint density at radius 1 is 1.44 bits per heavy atom. The summed E-state index contributed by atoms with van der Waals surface area (Å²) in [5, 5.41) is 3.38. The van der Waals surface area contributed by atoms with Gasteiger partial charge in [0.25, 0.3) is 0 Å². The van der Waals surface area contributed by atoms with Crippen LogP contribution >= 0.6 is 11.6 Å². The number of benzene rings is 1. The second kappa shape index (κ2) is 4.51. The standard InChI is InChI=1S/C12H15ClN4O/c1-7-6-12(15,17-11(14)16-7)8-3-4-10(18-2)9(13)5-8/h3-6H,15H2,1-2H3,(H3,14,16,17). The summed E-state index contributed by atoms with van der Waals surface area (Å²) in [6.07, 6.45) is 1.79.